The normalized spacial score (nSPS) is 17.5. The molecule has 1 saturated carbocycles. The van der Waals surface area contributed by atoms with Crippen LogP contribution in [-0.4, -0.2) is 19.8 Å². The second kappa shape index (κ2) is 8.03. The Morgan fingerprint density at radius 1 is 1.12 bits per heavy atom. The molecule has 1 aromatic rings. The van der Waals surface area contributed by atoms with E-state index in [4.69, 9.17) is 14.5 Å². The fourth-order valence-electron chi connectivity index (χ4n) is 3.02. The minimum atomic E-state index is -4.37. The molecule has 0 aromatic heterocycles. The van der Waals surface area contributed by atoms with Gasteiger partial charge in [-0.15, -0.1) is 0 Å². The number of alkyl halides is 3. The fourth-order valence-corrected chi connectivity index (χ4v) is 3.02. The van der Waals surface area contributed by atoms with Crippen LogP contribution in [0.3, 0.4) is 0 Å². The third-order valence-electron chi connectivity index (χ3n) is 4.18. The Morgan fingerprint density at radius 3 is 2.38 bits per heavy atom. The van der Waals surface area contributed by atoms with Gasteiger partial charge in [0.1, 0.15) is 12.4 Å². The SMILES string of the molecule is CCOOC/C(=C\C1(c2ccccc2C(F)(F)F)CCC1)OCC. The van der Waals surface area contributed by atoms with Crippen LogP contribution < -0.4 is 0 Å². The molecule has 2 rings (SSSR count). The van der Waals surface area contributed by atoms with Crippen LogP contribution in [0.5, 0.6) is 0 Å². The van der Waals surface area contributed by atoms with Crippen molar-refractivity contribution in [3.05, 3.63) is 47.2 Å². The molecule has 6 heteroatoms. The van der Waals surface area contributed by atoms with Crippen molar-refractivity contribution in [2.75, 3.05) is 19.8 Å². The highest BCUT2D eigenvalue weighted by molar-refractivity contribution is 5.42. The van der Waals surface area contributed by atoms with Crippen molar-refractivity contribution in [2.24, 2.45) is 0 Å². The van der Waals surface area contributed by atoms with E-state index in [1.165, 1.54) is 6.07 Å². The smallest absolute Gasteiger partial charge is 0.416 e. The largest absolute Gasteiger partial charge is 0.496 e. The van der Waals surface area contributed by atoms with Crippen LogP contribution >= 0.6 is 0 Å². The third kappa shape index (κ3) is 4.30. The second-order valence-corrected chi connectivity index (χ2v) is 5.77. The summed E-state index contributed by atoms with van der Waals surface area (Å²) in [5, 5.41) is 0. The number of ether oxygens (including phenoxy) is 1. The molecule has 1 aromatic carbocycles. The Hall–Kier alpha value is -1.53. The molecule has 0 amide bonds. The molecule has 0 radical (unpaired) electrons. The zero-order valence-electron chi connectivity index (χ0n) is 14.0. The van der Waals surface area contributed by atoms with Crippen molar-refractivity contribution < 1.29 is 27.7 Å². The molecule has 0 spiro atoms. The summed E-state index contributed by atoms with van der Waals surface area (Å²) in [5.41, 5.74) is -0.938. The van der Waals surface area contributed by atoms with Crippen LogP contribution in [0.2, 0.25) is 0 Å². The molecule has 0 saturated heterocycles. The van der Waals surface area contributed by atoms with Gasteiger partial charge >= 0.3 is 6.18 Å². The molecule has 1 fully saturated rings. The Kier molecular flexibility index (Phi) is 6.29. The lowest BCUT2D eigenvalue weighted by Crippen LogP contribution is -2.35. The molecule has 1 aliphatic rings. The summed E-state index contributed by atoms with van der Waals surface area (Å²) in [6.45, 7) is 4.50. The van der Waals surface area contributed by atoms with Crippen molar-refractivity contribution in [3.8, 4) is 0 Å². The molecule has 0 atom stereocenters. The molecule has 0 N–H and O–H groups in total. The fraction of sp³-hybridized carbons (Fsp3) is 0.556. The average Bonchev–Trinajstić information content (AvgIpc) is 2.50. The van der Waals surface area contributed by atoms with Gasteiger partial charge in [0.05, 0.1) is 18.8 Å². The van der Waals surface area contributed by atoms with E-state index in [9.17, 15) is 13.2 Å². The highest BCUT2D eigenvalue weighted by Crippen LogP contribution is 2.49. The first-order chi connectivity index (χ1) is 11.4. The monoisotopic (exact) mass is 344 g/mol. The van der Waals surface area contributed by atoms with Gasteiger partial charge in [0.2, 0.25) is 0 Å². The predicted octanol–water partition coefficient (Wildman–Crippen LogP) is 5.02. The molecular weight excluding hydrogens is 321 g/mol. The highest BCUT2D eigenvalue weighted by atomic mass is 19.4. The molecule has 134 valence electrons. The summed E-state index contributed by atoms with van der Waals surface area (Å²) in [6.07, 6.45) is -0.394. The highest BCUT2D eigenvalue weighted by Gasteiger charge is 2.44. The first-order valence-electron chi connectivity index (χ1n) is 8.18. The van der Waals surface area contributed by atoms with Crippen LogP contribution in [0, 0.1) is 0 Å². The van der Waals surface area contributed by atoms with Gasteiger partial charge in [-0.05, 0) is 44.4 Å². The van der Waals surface area contributed by atoms with Gasteiger partial charge in [-0.2, -0.15) is 13.2 Å². The van der Waals surface area contributed by atoms with E-state index < -0.39 is 17.2 Å². The standard InChI is InChI=1S/C18H23F3O3/c1-3-22-14(13-24-23-4-2)12-17(10-7-11-17)15-8-5-6-9-16(15)18(19,20)21/h5-6,8-9,12H,3-4,7,10-11,13H2,1-2H3/b14-12+. The van der Waals surface area contributed by atoms with Gasteiger partial charge in [0, 0.05) is 5.41 Å². The summed E-state index contributed by atoms with van der Waals surface area (Å²) >= 11 is 0. The third-order valence-corrected chi connectivity index (χ3v) is 4.18. The Labute approximate surface area is 140 Å². The molecule has 0 aliphatic heterocycles. The lowest BCUT2D eigenvalue weighted by Gasteiger charge is -2.41. The van der Waals surface area contributed by atoms with Gasteiger partial charge in [-0.3, -0.25) is 0 Å². The second-order valence-electron chi connectivity index (χ2n) is 5.77. The Morgan fingerprint density at radius 2 is 1.83 bits per heavy atom. The lowest BCUT2D eigenvalue weighted by molar-refractivity contribution is -0.288. The van der Waals surface area contributed by atoms with Crippen molar-refractivity contribution >= 4 is 0 Å². The minimum Gasteiger partial charge on any atom is -0.496 e. The molecule has 0 bridgehead atoms. The molecular formula is C18H23F3O3. The van der Waals surface area contributed by atoms with Crippen molar-refractivity contribution in [1.82, 2.24) is 0 Å². The molecule has 24 heavy (non-hydrogen) atoms. The van der Waals surface area contributed by atoms with Gasteiger partial charge in [0.25, 0.3) is 0 Å². The van der Waals surface area contributed by atoms with Crippen molar-refractivity contribution in [2.45, 2.75) is 44.7 Å². The van der Waals surface area contributed by atoms with Crippen LogP contribution in [0.4, 0.5) is 13.2 Å². The van der Waals surface area contributed by atoms with Gasteiger partial charge in [-0.25, -0.2) is 9.78 Å². The van der Waals surface area contributed by atoms with E-state index in [0.717, 1.165) is 12.5 Å². The molecule has 3 nitrogen and oxygen atoms in total. The van der Waals surface area contributed by atoms with Crippen LogP contribution in [-0.2, 0) is 26.1 Å². The molecule has 0 unspecified atom stereocenters. The summed E-state index contributed by atoms with van der Waals surface area (Å²) < 4.78 is 45.7. The summed E-state index contributed by atoms with van der Waals surface area (Å²) in [4.78, 5) is 9.89. The van der Waals surface area contributed by atoms with Gasteiger partial charge in [-0.1, -0.05) is 24.6 Å². The molecule has 0 heterocycles. The first kappa shape index (κ1) is 18.8. The number of hydrogen-bond donors (Lipinski definition) is 0. The average molecular weight is 344 g/mol. The topological polar surface area (TPSA) is 27.7 Å². The zero-order valence-corrected chi connectivity index (χ0v) is 14.0. The minimum absolute atomic E-state index is 0.0810. The van der Waals surface area contributed by atoms with E-state index in [0.29, 0.717) is 37.4 Å². The number of rotatable bonds is 8. The number of halogens is 3. The van der Waals surface area contributed by atoms with Gasteiger partial charge in [0.15, 0.2) is 0 Å². The molecule has 1 aliphatic carbocycles. The summed E-state index contributed by atoms with van der Waals surface area (Å²) in [5.74, 6) is 0.502. The first-order valence-corrected chi connectivity index (χ1v) is 8.18. The lowest BCUT2D eigenvalue weighted by atomic mass is 9.63. The quantitative estimate of drug-likeness (QED) is 0.287. The van der Waals surface area contributed by atoms with Crippen LogP contribution in [0.25, 0.3) is 0 Å². The maximum Gasteiger partial charge on any atom is 0.416 e. The summed E-state index contributed by atoms with van der Waals surface area (Å²) in [7, 11) is 0. The number of benzene rings is 1. The predicted molar refractivity (Wildman–Crippen MR) is 84.3 cm³/mol. The van der Waals surface area contributed by atoms with E-state index >= 15 is 0 Å². The van der Waals surface area contributed by atoms with Crippen molar-refractivity contribution in [3.63, 3.8) is 0 Å². The number of hydrogen-bond acceptors (Lipinski definition) is 3. The maximum atomic E-state index is 13.4. The van der Waals surface area contributed by atoms with E-state index in [2.05, 4.69) is 0 Å². The zero-order chi connectivity index (χ0) is 17.6. The number of allylic oxidation sites excluding steroid dienone is 1. The Balaban J connectivity index is 2.36. The van der Waals surface area contributed by atoms with Gasteiger partial charge < -0.3 is 4.74 Å². The van der Waals surface area contributed by atoms with E-state index in [1.54, 1.807) is 25.1 Å². The Bertz CT molecular complexity index is 563. The van der Waals surface area contributed by atoms with E-state index in [1.807, 2.05) is 6.92 Å². The maximum absolute atomic E-state index is 13.4. The van der Waals surface area contributed by atoms with Crippen LogP contribution in [0.1, 0.15) is 44.2 Å². The van der Waals surface area contributed by atoms with E-state index in [-0.39, 0.29) is 6.61 Å². The summed E-state index contributed by atoms with van der Waals surface area (Å²) in [6, 6.07) is 5.77. The van der Waals surface area contributed by atoms with Crippen molar-refractivity contribution in [1.29, 1.82) is 0 Å². The van der Waals surface area contributed by atoms with Crippen LogP contribution in [0.15, 0.2) is 36.1 Å².